The molecule has 1 aliphatic carbocycles. The zero-order chi connectivity index (χ0) is 22.0. The van der Waals surface area contributed by atoms with Crippen molar-refractivity contribution in [2.75, 3.05) is 38.1 Å². The summed E-state index contributed by atoms with van der Waals surface area (Å²) in [5, 5.41) is 9.15. The second kappa shape index (κ2) is 7.43. The molecule has 3 fully saturated rings. The molecule has 0 radical (unpaired) electrons. The predicted octanol–water partition coefficient (Wildman–Crippen LogP) is 1.93. The first-order valence-electron chi connectivity index (χ1n) is 11.4. The fourth-order valence-corrected chi connectivity index (χ4v) is 6.44. The first-order valence-corrected chi connectivity index (χ1v) is 12.9. The average Bonchev–Trinajstić information content (AvgIpc) is 3.13. The summed E-state index contributed by atoms with van der Waals surface area (Å²) >= 11 is 0. The van der Waals surface area contributed by atoms with E-state index in [1.807, 2.05) is 29.9 Å². The third-order valence-electron chi connectivity index (χ3n) is 7.44. The summed E-state index contributed by atoms with van der Waals surface area (Å²) in [6.45, 7) is 9.98. The van der Waals surface area contributed by atoms with Crippen molar-refractivity contribution in [2.24, 2.45) is 0 Å². The molecule has 1 aromatic carbocycles. The lowest BCUT2D eigenvalue weighted by Gasteiger charge is -2.43. The van der Waals surface area contributed by atoms with Crippen LogP contribution in [0.25, 0.3) is 10.9 Å². The Morgan fingerprint density at radius 2 is 1.90 bits per heavy atom. The van der Waals surface area contributed by atoms with Crippen LogP contribution in [0.2, 0.25) is 0 Å². The number of fused-ring (bicyclic) bond motifs is 1. The Bertz CT molecular complexity index is 1070. The summed E-state index contributed by atoms with van der Waals surface area (Å²) in [6, 6.07) is 4.71. The minimum absolute atomic E-state index is 0.252. The molecule has 1 aromatic heterocycles. The Morgan fingerprint density at radius 1 is 1.19 bits per heavy atom. The van der Waals surface area contributed by atoms with Gasteiger partial charge in [-0.3, -0.25) is 9.58 Å². The number of benzene rings is 1. The molecule has 3 atom stereocenters. The topological polar surface area (TPSA) is 82.5 Å². The molecule has 1 saturated carbocycles. The van der Waals surface area contributed by atoms with Crippen molar-refractivity contribution in [2.45, 2.75) is 68.6 Å². The first-order chi connectivity index (χ1) is 14.7. The van der Waals surface area contributed by atoms with E-state index < -0.39 is 10.0 Å². The number of anilines is 1. The highest BCUT2D eigenvalue weighted by atomic mass is 32.2. The van der Waals surface area contributed by atoms with Gasteiger partial charge in [0.1, 0.15) is 0 Å². The number of sulfonamides is 1. The van der Waals surface area contributed by atoms with E-state index >= 15 is 0 Å². The van der Waals surface area contributed by atoms with Gasteiger partial charge in [0.15, 0.2) is 0 Å². The van der Waals surface area contributed by atoms with Crippen LogP contribution in [0.15, 0.2) is 23.2 Å². The average molecular weight is 447 g/mol. The molecule has 2 aliphatic heterocycles. The summed E-state index contributed by atoms with van der Waals surface area (Å²) in [5.41, 5.74) is 1.58. The number of aromatic nitrogens is 2. The van der Waals surface area contributed by atoms with Crippen molar-refractivity contribution in [1.82, 2.24) is 24.7 Å². The van der Waals surface area contributed by atoms with Gasteiger partial charge in [-0.1, -0.05) is 0 Å². The second-order valence-corrected chi connectivity index (χ2v) is 11.7. The van der Waals surface area contributed by atoms with Crippen LogP contribution in [0.3, 0.4) is 0 Å². The van der Waals surface area contributed by atoms with Gasteiger partial charge in [-0.15, -0.1) is 0 Å². The molecule has 31 heavy (non-hydrogen) atoms. The molecule has 2 N–H and O–H groups in total. The van der Waals surface area contributed by atoms with Crippen LogP contribution in [0.1, 0.15) is 46.1 Å². The molecule has 1 unspecified atom stereocenters. The molecule has 0 amide bonds. The van der Waals surface area contributed by atoms with Crippen molar-refractivity contribution >= 4 is 26.6 Å². The fraction of sp³-hybridized carbons (Fsp3) is 0.682. The van der Waals surface area contributed by atoms with E-state index in [-0.39, 0.29) is 11.6 Å². The van der Waals surface area contributed by atoms with Crippen molar-refractivity contribution < 1.29 is 8.42 Å². The molecule has 8 nitrogen and oxygen atoms in total. The van der Waals surface area contributed by atoms with Crippen LogP contribution >= 0.6 is 0 Å². The quantitative estimate of drug-likeness (QED) is 0.730. The molecule has 0 bridgehead atoms. The van der Waals surface area contributed by atoms with Crippen molar-refractivity contribution in [3.05, 3.63) is 18.3 Å². The Labute approximate surface area is 185 Å². The van der Waals surface area contributed by atoms with Crippen molar-refractivity contribution in [1.29, 1.82) is 0 Å². The van der Waals surface area contributed by atoms with E-state index in [4.69, 9.17) is 5.10 Å². The van der Waals surface area contributed by atoms with Gasteiger partial charge in [-0.25, -0.2) is 13.1 Å². The highest BCUT2D eigenvalue weighted by Crippen LogP contribution is 2.38. The third-order valence-corrected chi connectivity index (χ3v) is 9.06. The molecular weight excluding hydrogens is 412 g/mol. The van der Waals surface area contributed by atoms with Crippen LogP contribution in [-0.4, -0.2) is 73.9 Å². The normalized spacial score (nSPS) is 29.0. The lowest BCUT2D eigenvalue weighted by atomic mass is 10.1. The molecular formula is C22H34N6O2S. The van der Waals surface area contributed by atoms with Gasteiger partial charge >= 0.3 is 0 Å². The van der Waals surface area contributed by atoms with Gasteiger partial charge in [0, 0.05) is 48.3 Å². The van der Waals surface area contributed by atoms with Crippen LogP contribution in [0.4, 0.5) is 5.69 Å². The predicted molar refractivity (Wildman–Crippen MR) is 123 cm³/mol. The number of hydrogen-bond donors (Lipinski definition) is 2. The number of rotatable bonds is 5. The minimum atomic E-state index is -3.61. The number of nitrogens with zero attached hydrogens (tertiary/aromatic N) is 4. The lowest BCUT2D eigenvalue weighted by Crippen LogP contribution is -2.55. The summed E-state index contributed by atoms with van der Waals surface area (Å²) in [4.78, 5) is 5.07. The molecule has 0 spiro atoms. The summed E-state index contributed by atoms with van der Waals surface area (Å²) in [7, 11) is -1.45. The number of likely N-dealkylation sites (N-methyl/N-ethyl adjacent to an activating group) is 1. The standard InChI is InChI=1S/C22H34N6O2S/c1-15-13-27(14-16(2)26(15)4)20-9-18(31(29,30)25-22(3)6-7-22)10-21-19(20)12-24-28(21)17-5-8-23-11-17/h9-10,12,15-17,23,25H,5-8,11,13-14H2,1-4H3/t15-,16-,17?/m0/s1. The van der Waals surface area contributed by atoms with Gasteiger partial charge in [-0.2, -0.15) is 5.10 Å². The molecule has 5 rings (SSSR count). The van der Waals surface area contributed by atoms with E-state index in [0.29, 0.717) is 17.0 Å². The fourth-order valence-electron chi connectivity index (χ4n) is 4.93. The lowest BCUT2D eigenvalue weighted by molar-refractivity contribution is 0.170. The van der Waals surface area contributed by atoms with E-state index in [1.165, 1.54) is 0 Å². The van der Waals surface area contributed by atoms with Gasteiger partial charge in [0.25, 0.3) is 0 Å². The molecule has 3 heterocycles. The Kier molecular flexibility index (Phi) is 5.08. The van der Waals surface area contributed by atoms with Crippen LogP contribution in [0, 0.1) is 0 Å². The van der Waals surface area contributed by atoms with E-state index in [0.717, 1.165) is 62.0 Å². The largest absolute Gasteiger partial charge is 0.368 e. The molecule has 9 heteroatoms. The van der Waals surface area contributed by atoms with E-state index in [9.17, 15) is 8.42 Å². The zero-order valence-electron chi connectivity index (χ0n) is 18.9. The molecule has 170 valence electrons. The van der Waals surface area contributed by atoms with E-state index in [1.54, 1.807) is 0 Å². The smallest absolute Gasteiger partial charge is 0.241 e. The van der Waals surface area contributed by atoms with Crippen molar-refractivity contribution in [3.63, 3.8) is 0 Å². The maximum absolute atomic E-state index is 13.3. The van der Waals surface area contributed by atoms with Gasteiger partial charge in [0.2, 0.25) is 10.0 Å². The highest BCUT2D eigenvalue weighted by molar-refractivity contribution is 7.89. The minimum Gasteiger partial charge on any atom is -0.368 e. The SMILES string of the molecule is C[C@H]1CN(c2cc(S(=O)(=O)NC3(C)CC3)cc3c2cnn3C2CCNC2)C[C@H](C)N1C. The summed E-state index contributed by atoms with van der Waals surface area (Å²) in [5.74, 6) is 0. The summed E-state index contributed by atoms with van der Waals surface area (Å²) < 4.78 is 31.6. The van der Waals surface area contributed by atoms with Crippen LogP contribution in [0.5, 0.6) is 0 Å². The van der Waals surface area contributed by atoms with Crippen LogP contribution in [-0.2, 0) is 10.0 Å². The van der Waals surface area contributed by atoms with Gasteiger partial charge < -0.3 is 10.2 Å². The highest BCUT2D eigenvalue weighted by Gasteiger charge is 2.41. The first kappa shape index (κ1) is 21.2. The monoisotopic (exact) mass is 446 g/mol. The Balaban J connectivity index is 1.63. The van der Waals surface area contributed by atoms with Crippen LogP contribution < -0.4 is 14.9 Å². The summed E-state index contributed by atoms with van der Waals surface area (Å²) in [6.07, 6.45) is 4.70. The van der Waals surface area contributed by atoms with Gasteiger partial charge in [-0.05, 0) is 65.8 Å². The van der Waals surface area contributed by atoms with E-state index in [2.05, 4.69) is 40.7 Å². The third kappa shape index (κ3) is 3.86. The number of piperazine rings is 1. The maximum atomic E-state index is 13.3. The number of nitrogens with one attached hydrogen (secondary N) is 2. The second-order valence-electron chi connectivity index (χ2n) is 10.0. The maximum Gasteiger partial charge on any atom is 0.241 e. The van der Waals surface area contributed by atoms with Gasteiger partial charge in [0.05, 0.1) is 22.7 Å². The molecule has 2 aromatic rings. The Morgan fingerprint density at radius 3 is 2.52 bits per heavy atom. The zero-order valence-corrected chi connectivity index (χ0v) is 19.7. The van der Waals surface area contributed by atoms with Crippen molar-refractivity contribution in [3.8, 4) is 0 Å². The molecule has 3 aliphatic rings. The number of hydrogen-bond acceptors (Lipinski definition) is 6. The molecule has 2 saturated heterocycles. The Hall–Kier alpha value is -1.68.